The summed E-state index contributed by atoms with van der Waals surface area (Å²) in [4.78, 5) is 28.2. The number of hydrogen-bond acceptors (Lipinski definition) is 8. The van der Waals surface area contributed by atoms with Gasteiger partial charge in [-0.1, -0.05) is 0 Å². The van der Waals surface area contributed by atoms with E-state index in [9.17, 15) is 32.3 Å². The van der Waals surface area contributed by atoms with Crippen LogP contribution in [0.15, 0.2) is 48.5 Å². The number of aromatic nitrogens is 1. The van der Waals surface area contributed by atoms with Gasteiger partial charge in [-0.25, -0.2) is 9.37 Å². The number of carbonyl (C=O) groups excluding carboxylic acids is 2. The van der Waals surface area contributed by atoms with Crippen molar-refractivity contribution in [3.8, 4) is 22.8 Å². The lowest BCUT2D eigenvalue weighted by molar-refractivity contribution is -0.265. The van der Waals surface area contributed by atoms with Gasteiger partial charge < -0.3 is 30.9 Å². The van der Waals surface area contributed by atoms with Gasteiger partial charge in [0, 0.05) is 23.2 Å². The highest BCUT2D eigenvalue weighted by molar-refractivity contribution is 5.95. The summed E-state index contributed by atoms with van der Waals surface area (Å²) in [5.74, 6) is -1.53. The Labute approximate surface area is 232 Å². The molecule has 13 heteroatoms. The van der Waals surface area contributed by atoms with Crippen molar-refractivity contribution < 1.29 is 41.7 Å². The molecule has 0 saturated carbocycles. The van der Waals surface area contributed by atoms with Crippen LogP contribution in [0.2, 0.25) is 0 Å². The van der Waals surface area contributed by atoms with Crippen LogP contribution in [0.25, 0.3) is 11.3 Å². The van der Waals surface area contributed by atoms with E-state index in [4.69, 9.17) is 15.2 Å². The molecule has 41 heavy (non-hydrogen) atoms. The Morgan fingerprint density at radius 2 is 1.83 bits per heavy atom. The molecule has 1 aromatic heterocycles. The molecule has 0 radical (unpaired) electrons. The van der Waals surface area contributed by atoms with Crippen LogP contribution in [-0.2, 0) is 15.9 Å². The molecule has 0 fully saturated rings. The zero-order valence-electron chi connectivity index (χ0n) is 22.4. The zero-order chi connectivity index (χ0) is 30.2. The van der Waals surface area contributed by atoms with Crippen molar-refractivity contribution in [2.75, 3.05) is 32.1 Å². The SMILES string of the molecule is COc1cc(C(=O)NCC(O)(c2cc3c(c(-c4ccc(F)cc4)n2)NCC3(C)N)C(F)(F)F)ccc1OCC(C)=O. The molecule has 1 aliphatic rings. The van der Waals surface area contributed by atoms with Crippen LogP contribution in [-0.4, -0.2) is 54.8 Å². The Morgan fingerprint density at radius 3 is 2.44 bits per heavy atom. The molecule has 4 rings (SSSR count). The van der Waals surface area contributed by atoms with E-state index in [0.717, 1.165) is 18.2 Å². The molecule has 218 valence electrons. The Morgan fingerprint density at radius 1 is 1.15 bits per heavy atom. The maximum atomic E-state index is 14.5. The van der Waals surface area contributed by atoms with Crippen LogP contribution >= 0.6 is 0 Å². The molecule has 2 atom stereocenters. The predicted octanol–water partition coefficient (Wildman–Crippen LogP) is 3.64. The molecule has 1 aliphatic heterocycles. The van der Waals surface area contributed by atoms with Gasteiger partial charge in [-0.05, 0) is 62.4 Å². The van der Waals surface area contributed by atoms with Crippen LogP contribution in [0.3, 0.4) is 0 Å². The average Bonchev–Trinajstić information content (AvgIpc) is 3.23. The van der Waals surface area contributed by atoms with Crippen molar-refractivity contribution in [3.63, 3.8) is 0 Å². The van der Waals surface area contributed by atoms with E-state index in [1.165, 1.54) is 44.4 Å². The van der Waals surface area contributed by atoms with E-state index >= 15 is 0 Å². The zero-order valence-corrected chi connectivity index (χ0v) is 22.4. The topological polar surface area (TPSA) is 136 Å². The number of rotatable bonds is 9. The third-order valence-corrected chi connectivity index (χ3v) is 6.64. The third kappa shape index (κ3) is 5.95. The van der Waals surface area contributed by atoms with E-state index in [0.29, 0.717) is 11.3 Å². The summed E-state index contributed by atoms with van der Waals surface area (Å²) in [5, 5.41) is 16.3. The standard InChI is InChI=1S/C28H28F4N4O5/c1-15(37)12-41-20-9-6-17(10-21(20)40-3)25(38)35-14-27(39,28(30,31)32)22-11-19-24(34-13-26(19,2)33)23(36-22)16-4-7-18(29)8-5-16/h4-11,34,39H,12-14,33H2,1-3H3,(H,35,38). The number of ether oxygens (including phenoxy) is 2. The number of halogens is 4. The monoisotopic (exact) mass is 576 g/mol. The summed E-state index contributed by atoms with van der Waals surface area (Å²) in [6.07, 6.45) is -5.28. The molecule has 0 aliphatic carbocycles. The molecule has 0 bridgehead atoms. The highest BCUT2D eigenvalue weighted by atomic mass is 19.4. The number of benzene rings is 2. The van der Waals surface area contributed by atoms with Crippen molar-refractivity contribution in [3.05, 3.63) is 71.2 Å². The number of nitrogens with two attached hydrogens (primary N) is 1. The summed E-state index contributed by atoms with van der Waals surface area (Å²) in [6.45, 7) is 1.57. The number of carbonyl (C=O) groups is 2. The quantitative estimate of drug-likeness (QED) is 0.284. The Balaban J connectivity index is 1.70. The lowest BCUT2D eigenvalue weighted by Crippen LogP contribution is -2.51. The van der Waals surface area contributed by atoms with Crippen molar-refractivity contribution in [1.29, 1.82) is 0 Å². The molecular weight excluding hydrogens is 548 g/mol. The molecule has 0 saturated heterocycles. The summed E-state index contributed by atoms with van der Waals surface area (Å²) >= 11 is 0. The summed E-state index contributed by atoms with van der Waals surface area (Å²) in [5.41, 5.74) is 1.66. The number of alkyl halides is 3. The first-order chi connectivity index (χ1) is 19.2. The molecule has 0 spiro atoms. The number of anilines is 1. The molecule has 2 heterocycles. The van der Waals surface area contributed by atoms with Crippen LogP contribution in [0.4, 0.5) is 23.2 Å². The number of ketones is 1. The van der Waals surface area contributed by atoms with E-state index in [-0.39, 0.29) is 47.3 Å². The number of Topliss-reactive ketones (excluding diaryl/α,β-unsaturated/α-hetero) is 1. The largest absolute Gasteiger partial charge is 0.493 e. The predicted molar refractivity (Wildman–Crippen MR) is 141 cm³/mol. The normalized spacial score (nSPS) is 17.7. The fourth-order valence-electron chi connectivity index (χ4n) is 4.32. The summed E-state index contributed by atoms with van der Waals surface area (Å²) in [6, 6.07) is 9.85. The summed E-state index contributed by atoms with van der Waals surface area (Å²) in [7, 11) is 1.29. The number of nitrogens with one attached hydrogen (secondary N) is 2. The van der Waals surface area contributed by atoms with Crippen LogP contribution in [0, 0.1) is 5.82 Å². The van der Waals surface area contributed by atoms with Crippen LogP contribution < -0.4 is 25.8 Å². The van der Waals surface area contributed by atoms with Gasteiger partial charge in [0.15, 0.2) is 17.3 Å². The first-order valence-electron chi connectivity index (χ1n) is 12.4. The fourth-order valence-corrected chi connectivity index (χ4v) is 4.32. The van der Waals surface area contributed by atoms with Gasteiger partial charge in [-0.2, -0.15) is 13.2 Å². The van der Waals surface area contributed by atoms with Crippen LogP contribution in [0.1, 0.15) is 35.5 Å². The first-order valence-corrected chi connectivity index (χ1v) is 12.4. The van der Waals surface area contributed by atoms with Gasteiger partial charge in [0.1, 0.15) is 12.4 Å². The second-order valence-corrected chi connectivity index (χ2v) is 9.95. The lowest BCUT2D eigenvalue weighted by Gasteiger charge is -2.31. The van der Waals surface area contributed by atoms with Gasteiger partial charge in [0.05, 0.1) is 36.3 Å². The minimum atomic E-state index is -5.28. The minimum Gasteiger partial charge on any atom is -0.493 e. The van der Waals surface area contributed by atoms with Gasteiger partial charge in [-0.3, -0.25) is 9.59 Å². The van der Waals surface area contributed by atoms with Crippen molar-refractivity contribution in [1.82, 2.24) is 10.3 Å². The second-order valence-electron chi connectivity index (χ2n) is 9.95. The number of hydrogen-bond donors (Lipinski definition) is 4. The van der Waals surface area contributed by atoms with Gasteiger partial charge >= 0.3 is 6.18 Å². The van der Waals surface area contributed by atoms with E-state index < -0.39 is 41.3 Å². The number of nitrogens with zero attached hydrogens (tertiary/aromatic N) is 1. The Kier molecular flexibility index (Phi) is 7.96. The number of methoxy groups -OCH3 is 1. The lowest BCUT2D eigenvalue weighted by atomic mass is 9.89. The molecule has 9 nitrogen and oxygen atoms in total. The second kappa shape index (κ2) is 11.0. The van der Waals surface area contributed by atoms with Crippen molar-refractivity contribution >= 4 is 17.4 Å². The Bertz CT molecular complexity index is 1480. The molecule has 3 aromatic rings. The van der Waals surface area contributed by atoms with E-state index in [1.807, 2.05) is 0 Å². The molecule has 2 aromatic carbocycles. The maximum absolute atomic E-state index is 14.5. The average molecular weight is 577 g/mol. The van der Waals surface area contributed by atoms with Crippen LogP contribution in [0.5, 0.6) is 11.5 Å². The first kappa shape index (κ1) is 29.7. The number of amides is 1. The summed E-state index contributed by atoms with van der Waals surface area (Å²) < 4.78 is 67.5. The van der Waals surface area contributed by atoms with Gasteiger partial charge in [0.2, 0.25) is 5.60 Å². The van der Waals surface area contributed by atoms with Crippen molar-refractivity contribution in [2.24, 2.45) is 5.73 Å². The molecule has 5 N–H and O–H groups in total. The third-order valence-electron chi connectivity index (χ3n) is 6.64. The molecule has 1 amide bonds. The van der Waals surface area contributed by atoms with Crippen molar-refractivity contribution in [2.45, 2.75) is 31.2 Å². The minimum absolute atomic E-state index is 0.0339. The number of pyridine rings is 1. The highest BCUT2D eigenvalue weighted by Gasteiger charge is 2.57. The highest BCUT2D eigenvalue weighted by Crippen LogP contribution is 2.45. The Hall–Kier alpha value is -4.23. The van der Waals surface area contributed by atoms with Gasteiger partial charge in [-0.15, -0.1) is 0 Å². The van der Waals surface area contributed by atoms with Gasteiger partial charge in [0.25, 0.3) is 5.91 Å². The number of aliphatic hydroxyl groups is 1. The fraction of sp³-hybridized carbons (Fsp3) is 0.321. The van der Waals surface area contributed by atoms with E-state index in [2.05, 4.69) is 15.6 Å². The molecule has 2 unspecified atom stereocenters. The van der Waals surface area contributed by atoms with E-state index in [1.54, 1.807) is 6.92 Å². The number of fused-ring (bicyclic) bond motifs is 1. The molecular formula is C28H28F4N4O5. The maximum Gasteiger partial charge on any atom is 0.424 e. The smallest absolute Gasteiger partial charge is 0.424 e.